The highest BCUT2D eigenvalue weighted by Crippen LogP contribution is 2.35. The van der Waals surface area contributed by atoms with Gasteiger partial charge in [0.2, 0.25) is 0 Å². The third-order valence-electron chi connectivity index (χ3n) is 4.06. The lowest BCUT2D eigenvalue weighted by Gasteiger charge is -2.42. The first kappa shape index (κ1) is 15.3. The summed E-state index contributed by atoms with van der Waals surface area (Å²) in [4.78, 5) is 2.24. The fourth-order valence-corrected chi connectivity index (χ4v) is 3.17. The summed E-state index contributed by atoms with van der Waals surface area (Å²) in [7, 11) is 3.75. The Kier molecular flexibility index (Phi) is 5.40. The highest BCUT2D eigenvalue weighted by molar-refractivity contribution is 5.31. The van der Waals surface area contributed by atoms with E-state index < -0.39 is 0 Å². The zero-order chi connectivity index (χ0) is 14.5. The van der Waals surface area contributed by atoms with Crippen LogP contribution in [-0.4, -0.2) is 56.6 Å². The van der Waals surface area contributed by atoms with Crippen molar-refractivity contribution in [3.8, 4) is 5.75 Å². The molecule has 2 rings (SSSR count). The van der Waals surface area contributed by atoms with Crippen LogP contribution in [0.4, 0.5) is 0 Å². The Balaban J connectivity index is 2.25. The average Bonchev–Trinajstić information content (AvgIpc) is 2.47. The SMILES string of the molecule is CCOC1CN(C)CC(CO)C1c1ccc(OC)cc1. The minimum absolute atomic E-state index is 0.129. The standard InChI is InChI=1S/C16H25NO3/c1-4-20-15-10-17(2)9-13(11-18)16(15)12-5-7-14(19-3)8-6-12/h5-8,13,15-16,18H,4,9-11H2,1-3H3. The van der Waals surface area contributed by atoms with Gasteiger partial charge in [-0.25, -0.2) is 0 Å². The third-order valence-corrected chi connectivity index (χ3v) is 4.06. The molecule has 3 atom stereocenters. The van der Waals surface area contributed by atoms with Crippen LogP contribution in [0.1, 0.15) is 18.4 Å². The Morgan fingerprint density at radius 3 is 2.50 bits per heavy atom. The number of rotatable bonds is 5. The number of nitrogens with zero attached hydrogens (tertiary/aromatic N) is 1. The van der Waals surface area contributed by atoms with Crippen molar-refractivity contribution in [2.45, 2.75) is 18.9 Å². The van der Waals surface area contributed by atoms with Crippen LogP contribution in [0.15, 0.2) is 24.3 Å². The first-order valence-electron chi connectivity index (χ1n) is 7.24. The number of aliphatic hydroxyl groups is 1. The number of hydrogen-bond donors (Lipinski definition) is 1. The Morgan fingerprint density at radius 1 is 1.25 bits per heavy atom. The van der Waals surface area contributed by atoms with Gasteiger partial charge >= 0.3 is 0 Å². The highest BCUT2D eigenvalue weighted by atomic mass is 16.5. The first-order valence-corrected chi connectivity index (χ1v) is 7.24. The maximum atomic E-state index is 9.72. The fraction of sp³-hybridized carbons (Fsp3) is 0.625. The molecule has 4 heteroatoms. The monoisotopic (exact) mass is 279 g/mol. The van der Waals surface area contributed by atoms with E-state index in [1.807, 2.05) is 19.1 Å². The number of methoxy groups -OCH3 is 1. The Morgan fingerprint density at radius 2 is 1.95 bits per heavy atom. The second-order valence-electron chi connectivity index (χ2n) is 5.46. The van der Waals surface area contributed by atoms with Crippen LogP contribution >= 0.6 is 0 Å². The number of aliphatic hydroxyl groups excluding tert-OH is 1. The predicted octanol–water partition coefficient (Wildman–Crippen LogP) is 1.74. The van der Waals surface area contributed by atoms with Crippen molar-refractivity contribution in [3.63, 3.8) is 0 Å². The number of piperidine rings is 1. The van der Waals surface area contributed by atoms with Gasteiger partial charge < -0.3 is 19.5 Å². The summed E-state index contributed by atoms with van der Waals surface area (Å²) in [5, 5.41) is 9.72. The summed E-state index contributed by atoms with van der Waals surface area (Å²) in [6.07, 6.45) is 0.129. The van der Waals surface area contributed by atoms with E-state index in [2.05, 4.69) is 24.1 Å². The molecule has 1 N–H and O–H groups in total. The minimum atomic E-state index is 0.129. The molecule has 4 nitrogen and oxygen atoms in total. The number of likely N-dealkylation sites (tertiary alicyclic amines) is 1. The predicted molar refractivity (Wildman–Crippen MR) is 79.2 cm³/mol. The summed E-state index contributed by atoms with van der Waals surface area (Å²) >= 11 is 0. The van der Waals surface area contributed by atoms with E-state index in [4.69, 9.17) is 9.47 Å². The second-order valence-corrected chi connectivity index (χ2v) is 5.46. The topological polar surface area (TPSA) is 41.9 Å². The van der Waals surface area contributed by atoms with Gasteiger partial charge in [0.25, 0.3) is 0 Å². The Hall–Kier alpha value is -1.10. The van der Waals surface area contributed by atoms with Crippen molar-refractivity contribution in [2.75, 3.05) is 40.5 Å². The van der Waals surface area contributed by atoms with Crippen LogP contribution < -0.4 is 4.74 Å². The van der Waals surface area contributed by atoms with Gasteiger partial charge in [0.1, 0.15) is 5.75 Å². The number of benzene rings is 1. The quantitative estimate of drug-likeness (QED) is 0.891. The molecule has 1 saturated heterocycles. The molecular formula is C16H25NO3. The van der Waals surface area contributed by atoms with Gasteiger partial charge in [0.15, 0.2) is 0 Å². The molecule has 0 aromatic heterocycles. The number of ether oxygens (including phenoxy) is 2. The van der Waals surface area contributed by atoms with Crippen LogP contribution in [0, 0.1) is 5.92 Å². The normalized spacial score (nSPS) is 27.5. The first-order chi connectivity index (χ1) is 9.69. The molecule has 0 bridgehead atoms. The van der Waals surface area contributed by atoms with E-state index in [0.717, 1.165) is 18.8 Å². The molecule has 3 unspecified atom stereocenters. The highest BCUT2D eigenvalue weighted by Gasteiger charge is 2.36. The molecule has 1 heterocycles. The molecule has 0 aliphatic carbocycles. The van der Waals surface area contributed by atoms with Gasteiger partial charge in [-0.2, -0.15) is 0 Å². The van der Waals surface area contributed by atoms with Crippen molar-refractivity contribution in [1.29, 1.82) is 0 Å². The molecule has 112 valence electrons. The van der Waals surface area contributed by atoms with E-state index in [1.54, 1.807) is 7.11 Å². The van der Waals surface area contributed by atoms with Crippen molar-refractivity contribution in [1.82, 2.24) is 4.90 Å². The molecule has 1 aromatic rings. The van der Waals surface area contributed by atoms with Crippen LogP contribution in [0.2, 0.25) is 0 Å². The third kappa shape index (κ3) is 3.32. The lowest BCUT2D eigenvalue weighted by atomic mass is 9.79. The Labute approximate surface area is 121 Å². The molecule has 0 radical (unpaired) electrons. The molecule has 1 aliphatic rings. The summed E-state index contributed by atoms with van der Waals surface area (Å²) in [6, 6.07) is 8.13. The van der Waals surface area contributed by atoms with Crippen LogP contribution in [0.25, 0.3) is 0 Å². The summed E-state index contributed by atoms with van der Waals surface area (Å²) in [6.45, 7) is 4.71. The van der Waals surface area contributed by atoms with E-state index >= 15 is 0 Å². The van der Waals surface area contributed by atoms with E-state index in [-0.39, 0.29) is 24.5 Å². The molecule has 0 spiro atoms. The molecule has 0 amide bonds. The zero-order valence-corrected chi connectivity index (χ0v) is 12.6. The number of likely N-dealkylation sites (N-methyl/N-ethyl adjacent to an activating group) is 1. The van der Waals surface area contributed by atoms with Gasteiger partial charge in [-0.1, -0.05) is 12.1 Å². The molecule has 1 aromatic carbocycles. The number of hydrogen-bond acceptors (Lipinski definition) is 4. The van der Waals surface area contributed by atoms with Gasteiger partial charge in [-0.15, -0.1) is 0 Å². The lowest BCUT2D eigenvalue weighted by molar-refractivity contribution is -0.0356. The van der Waals surface area contributed by atoms with Gasteiger partial charge in [0, 0.05) is 38.1 Å². The van der Waals surface area contributed by atoms with Crippen molar-refractivity contribution >= 4 is 0 Å². The van der Waals surface area contributed by atoms with Crippen molar-refractivity contribution < 1.29 is 14.6 Å². The smallest absolute Gasteiger partial charge is 0.118 e. The molecule has 1 fully saturated rings. The second kappa shape index (κ2) is 7.07. The van der Waals surface area contributed by atoms with E-state index in [1.165, 1.54) is 5.56 Å². The molecule has 0 saturated carbocycles. The lowest BCUT2D eigenvalue weighted by Crippen LogP contribution is -2.48. The molecule has 1 aliphatic heterocycles. The van der Waals surface area contributed by atoms with Crippen molar-refractivity contribution in [3.05, 3.63) is 29.8 Å². The Bertz CT molecular complexity index is 407. The molecule has 20 heavy (non-hydrogen) atoms. The zero-order valence-electron chi connectivity index (χ0n) is 12.6. The molecular weight excluding hydrogens is 254 g/mol. The van der Waals surface area contributed by atoms with E-state index in [9.17, 15) is 5.11 Å². The van der Waals surface area contributed by atoms with Crippen LogP contribution in [-0.2, 0) is 4.74 Å². The maximum absolute atomic E-state index is 9.72. The van der Waals surface area contributed by atoms with Gasteiger partial charge in [0.05, 0.1) is 13.2 Å². The summed E-state index contributed by atoms with van der Waals surface area (Å²) < 4.78 is 11.1. The van der Waals surface area contributed by atoms with Gasteiger partial charge in [-0.05, 0) is 31.7 Å². The van der Waals surface area contributed by atoms with Crippen LogP contribution in [0.3, 0.4) is 0 Å². The van der Waals surface area contributed by atoms with Crippen LogP contribution in [0.5, 0.6) is 5.75 Å². The van der Waals surface area contributed by atoms with Gasteiger partial charge in [-0.3, -0.25) is 0 Å². The maximum Gasteiger partial charge on any atom is 0.118 e. The summed E-state index contributed by atoms with van der Waals surface area (Å²) in [5.41, 5.74) is 1.22. The summed E-state index contributed by atoms with van der Waals surface area (Å²) in [5.74, 6) is 1.30. The largest absolute Gasteiger partial charge is 0.497 e. The fourth-order valence-electron chi connectivity index (χ4n) is 3.17. The minimum Gasteiger partial charge on any atom is -0.497 e. The van der Waals surface area contributed by atoms with Crippen molar-refractivity contribution in [2.24, 2.45) is 5.92 Å². The van der Waals surface area contributed by atoms with E-state index in [0.29, 0.717) is 6.61 Å². The average molecular weight is 279 g/mol.